The summed E-state index contributed by atoms with van der Waals surface area (Å²) in [6.07, 6.45) is 0. The Hall–Kier alpha value is -1.20. The molecule has 0 bridgehead atoms. The minimum absolute atomic E-state index is 0.0784. The van der Waals surface area contributed by atoms with Gasteiger partial charge in [0, 0.05) is 13.7 Å². The van der Waals surface area contributed by atoms with E-state index in [2.05, 4.69) is 9.44 Å². The second-order valence-corrected chi connectivity index (χ2v) is 7.08. The molecule has 0 unspecified atom stereocenters. The van der Waals surface area contributed by atoms with Crippen molar-refractivity contribution < 1.29 is 21.6 Å². The minimum atomic E-state index is -3.81. The van der Waals surface area contributed by atoms with Gasteiger partial charge in [0.1, 0.15) is 0 Å². The molecule has 0 atom stereocenters. The molecule has 0 aromatic heterocycles. The van der Waals surface area contributed by atoms with Crippen molar-refractivity contribution >= 4 is 25.9 Å². The second kappa shape index (κ2) is 6.50. The van der Waals surface area contributed by atoms with Gasteiger partial charge in [-0.05, 0) is 30.7 Å². The molecule has 0 aliphatic heterocycles. The Kier molecular flexibility index (Phi) is 5.48. The van der Waals surface area contributed by atoms with Gasteiger partial charge in [-0.25, -0.2) is 13.6 Å². The van der Waals surface area contributed by atoms with Crippen LogP contribution in [0.4, 0.5) is 5.69 Å². The van der Waals surface area contributed by atoms with Gasteiger partial charge in [-0.1, -0.05) is 0 Å². The van der Waals surface area contributed by atoms with Crippen LogP contribution in [0.5, 0.6) is 0 Å². The molecule has 0 spiro atoms. The number of hydrogen-bond acceptors (Lipinski definition) is 5. The predicted octanol–water partition coefficient (Wildman–Crippen LogP) is -0.465. The van der Waals surface area contributed by atoms with E-state index in [0.717, 1.165) is 0 Å². The third kappa shape index (κ3) is 5.06. The van der Waals surface area contributed by atoms with Crippen LogP contribution in [0.25, 0.3) is 0 Å². The van der Waals surface area contributed by atoms with Crippen molar-refractivity contribution in [3.05, 3.63) is 23.8 Å². The molecule has 0 saturated carbocycles. The summed E-state index contributed by atoms with van der Waals surface area (Å²) in [6.45, 7) is 1.94. The van der Waals surface area contributed by atoms with Crippen molar-refractivity contribution in [2.75, 3.05) is 25.0 Å². The molecule has 0 radical (unpaired) electrons. The van der Waals surface area contributed by atoms with E-state index in [9.17, 15) is 16.8 Å². The smallest absolute Gasteiger partial charge is 0.299 e. The third-order valence-electron chi connectivity index (χ3n) is 2.37. The van der Waals surface area contributed by atoms with Crippen LogP contribution in [0, 0.1) is 6.92 Å². The lowest BCUT2D eigenvalue weighted by Gasteiger charge is -2.12. The quantitative estimate of drug-likeness (QED) is 0.585. The number of nitrogens with two attached hydrogens (primary N) is 1. The van der Waals surface area contributed by atoms with Crippen LogP contribution in [0.3, 0.4) is 0 Å². The lowest BCUT2D eigenvalue weighted by molar-refractivity contribution is 0.204. The van der Waals surface area contributed by atoms with E-state index in [1.807, 2.05) is 0 Å². The number of ether oxygens (including phenoxy) is 1. The van der Waals surface area contributed by atoms with E-state index >= 15 is 0 Å². The fourth-order valence-electron chi connectivity index (χ4n) is 1.39. The maximum absolute atomic E-state index is 11.7. The molecule has 0 aliphatic rings. The number of anilines is 1. The van der Waals surface area contributed by atoms with Gasteiger partial charge in [-0.15, -0.1) is 0 Å². The van der Waals surface area contributed by atoms with Gasteiger partial charge in [0.05, 0.1) is 17.2 Å². The van der Waals surface area contributed by atoms with E-state index in [-0.39, 0.29) is 23.7 Å². The van der Waals surface area contributed by atoms with Gasteiger partial charge in [0.25, 0.3) is 10.2 Å². The van der Waals surface area contributed by atoms with E-state index in [4.69, 9.17) is 9.88 Å². The van der Waals surface area contributed by atoms with E-state index in [0.29, 0.717) is 5.56 Å². The Morgan fingerprint density at radius 1 is 1.25 bits per heavy atom. The fourth-order valence-corrected chi connectivity index (χ4v) is 2.93. The van der Waals surface area contributed by atoms with Gasteiger partial charge in [-0.2, -0.15) is 13.1 Å². The Bertz CT molecular complexity index is 670. The summed E-state index contributed by atoms with van der Waals surface area (Å²) in [7, 11) is -6.09. The van der Waals surface area contributed by atoms with Crippen LogP contribution < -0.4 is 14.6 Å². The molecule has 0 saturated heterocycles. The average molecular weight is 323 g/mol. The topological polar surface area (TPSA) is 128 Å². The molecule has 4 N–H and O–H groups in total. The zero-order valence-corrected chi connectivity index (χ0v) is 12.7. The highest BCUT2D eigenvalue weighted by molar-refractivity contribution is 7.90. The van der Waals surface area contributed by atoms with Gasteiger partial charge >= 0.3 is 0 Å². The molecule has 0 aliphatic carbocycles. The first-order valence-electron chi connectivity index (χ1n) is 5.55. The highest BCUT2D eigenvalue weighted by Crippen LogP contribution is 2.19. The zero-order valence-electron chi connectivity index (χ0n) is 11.1. The highest BCUT2D eigenvalue weighted by atomic mass is 32.2. The summed E-state index contributed by atoms with van der Waals surface area (Å²) >= 11 is 0. The van der Waals surface area contributed by atoms with E-state index in [1.165, 1.54) is 25.3 Å². The molecule has 1 aromatic rings. The molecule has 114 valence electrons. The summed E-state index contributed by atoms with van der Waals surface area (Å²) < 4.78 is 55.0. The van der Waals surface area contributed by atoms with Crippen molar-refractivity contribution in [1.82, 2.24) is 4.72 Å². The van der Waals surface area contributed by atoms with Gasteiger partial charge in [0.2, 0.25) is 10.0 Å². The number of aryl methyl sites for hydroxylation is 1. The average Bonchev–Trinajstić information content (AvgIpc) is 2.30. The third-order valence-corrected chi connectivity index (χ3v) is 4.35. The lowest BCUT2D eigenvalue weighted by Crippen LogP contribution is -2.32. The lowest BCUT2D eigenvalue weighted by atomic mass is 10.2. The number of primary sulfonamides is 1. The first kappa shape index (κ1) is 16.9. The van der Waals surface area contributed by atoms with Crippen molar-refractivity contribution in [2.45, 2.75) is 11.8 Å². The largest absolute Gasteiger partial charge is 0.383 e. The maximum Gasteiger partial charge on any atom is 0.299 e. The maximum atomic E-state index is 11.7. The Balaban J connectivity index is 2.89. The van der Waals surface area contributed by atoms with Crippen LogP contribution in [0.15, 0.2) is 23.1 Å². The zero-order chi connectivity index (χ0) is 15.4. The first-order chi connectivity index (χ1) is 9.15. The molecular formula is C10H17N3O5S2. The van der Waals surface area contributed by atoms with Gasteiger partial charge in [-0.3, -0.25) is 4.72 Å². The van der Waals surface area contributed by atoms with Crippen LogP contribution in [0.2, 0.25) is 0 Å². The molecule has 1 rings (SSSR count). The van der Waals surface area contributed by atoms with Crippen molar-refractivity contribution in [3.8, 4) is 0 Å². The molecule has 0 amide bonds. The fraction of sp³-hybridized carbons (Fsp3) is 0.400. The number of nitrogens with one attached hydrogen (secondary N) is 2. The van der Waals surface area contributed by atoms with Gasteiger partial charge < -0.3 is 4.74 Å². The van der Waals surface area contributed by atoms with Crippen molar-refractivity contribution in [3.63, 3.8) is 0 Å². The number of methoxy groups -OCH3 is 1. The highest BCUT2D eigenvalue weighted by Gasteiger charge is 2.13. The Morgan fingerprint density at radius 3 is 2.40 bits per heavy atom. The Morgan fingerprint density at radius 2 is 1.90 bits per heavy atom. The molecule has 10 heteroatoms. The predicted molar refractivity (Wildman–Crippen MR) is 75.0 cm³/mol. The summed E-state index contributed by atoms with van der Waals surface area (Å²) in [5.74, 6) is 0. The molecule has 1 aromatic carbocycles. The standard InChI is InChI=1S/C10H17N3O5S2/c1-8-7-9(19(11,14)15)3-4-10(8)13-20(16,17)12-5-6-18-2/h3-4,7,12-13H,5-6H2,1-2H3,(H2,11,14,15). The number of hydrogen-bond donors (Lipinski definition) is 3. The second-order valence-electron chi connectivity index (χ2n) is 4.01. The van der Waals surface area contributed by atoms with E-state index in [1.54, 1.807) is 6.92 Å². The van der Waals surface area contributed by atoms with Crippen molar-refractivity contribution in [1.29, 1.82) is 0 Å². The number of benzene rings is 1. The van der Waals surface area contributed by atoms with Crippen LogP contribution in [-0.2, 0) is 25.0 Å². The summed E-state index contributed by atoms with van der Waals surface area (Å²) in [6, 6.07) is 3.86. The SMILES string of the molecule is COCCNS(=O)(=O)Nc1ccc(S(N)(=O)=O)cc1C. The normalized spacial score (nSPS) is 12.3. The minimum Gasteiger partial charge on any atom is -0.383 e. The Labute approximate surface area is 118 Å². The summed E-state index contributed by atoms with van der Waals surface area (Å²) in [5.41, 5.74) is 0.705. The van der Waals surface area contributed by atoms with Gasteiger partial charge in [0.15, 0.2) is 0 Å². The van der Waals surface area contributed by atoms with Crippen LogP contribution in [0.1, 0.15) is 5.56 Å². The first-order valence-corrected chi connectivity index (χ1v) is 8.58. The molecule has 0 heterocycles. The summed E-state index contributed by atoms with van der Waals surface area (Å²) in [4.78, 5) is -0.0784. The molecule has 0 fully saturated rings. The van der Waals surface area contributed by atoms with Crippen LogP contribution in [-0.4, -0.2) is 37.1 Å². The monoisotopic (exact) mass is 323 g/mol. The molecular weight excluding hydrogens is 306 g/mol. The molecule has 8 nitrogen and oxygen atoms in total. The summed E-state index contributed by atoms with van der Waals surface area (Å²) in [5, 5.41) is 4.99. The number of rotatable bonds is 7. The van der Waals surface area contributed by atoms with E-state index < -0.39 is 20.2 Å². The van der Waals surface area contributed by atoms with Crippen molar-refractivity contribution in [2.24, 2.45) is 5.14 Å². The molecule has 20 heavy (non-hydrogen) atoms. The number of sulfonamides is 1. The van der Waals surface area contributed by atoms with Crippen LogP contribution >= 0.6 is 0 Å².